The quantitative estimate of drug-likeness (QED) is 0.524. The Morgan fingerprint density at radius 3 is 2.76 bits per heavy atom. The minimum absolute atomic E-state index is 0.0435. The standard InChI is InChI=1S/C24H33NO4/c1-15-5-4-10-24(2)12-22-18(11-20(15)24)19(23(28)29-22)13-25(3)14-21(27)16-6-8-17(26)9-7-16/h6-9,18-19,21-22,26-27H,4-5,10-14H2,1-3H3/p+1/t18-,19+,21-,22-,24+/m1/s1. The number of benzene rings is 1. The molecule has 1 saturated heterocycles. The van der Waals surface area contributed by atoms with Crippen molar-refractivity contribution >= 4 is 5.97 Å². The van der Waals surface area contributed by atoms with Crippen LogP contribution in [0.4, 0.5) is 0 Å². The molecule has 0 aromatic heterocycles. The molecule has 3 aliphatic rings. The Balaban J connectivity index is 1.43. The van der Waals surface area contributed by atoms with Gasteiger partial charge in [-0.05, 0) is 62.1 Å². The van der Waals surface area contributed by atoms with E-state index >= 15 is 0 Å². The van der Waals surface area contributed by atoms with Gasteiger partial charge in [0, 0.05) is 5.92 Å². The third-order valence-electron chi connectivity index (χ3n) is 7.57. The van der Waals surface area contributed by atoms with E-state index in [0.717, 1.165) is 23.3 Å². The number of nitrogens with one attached hydrogen (secondary N) is 1. The Hall–Kier alpha value is -1.85. The normalized spacial score (nSPS) is 33.7. The summed E-state index contributed by atoms with van der Waals surface area (Å²) in [5.41, 5.74) is 4.09. The molecule has 0 spiro atoms. The fourth-order valence-corrected chi connectivity index (χ4v) is 5.95. The number of aromatic hydroxyl groups is 1. The Labute approximate surface area is 173 Å². The van der Waals surface area contributed by atoms with Gasteiger partial charge in [0.2, 0.25) is 0 Å². The van der Waals surface area contributed by atoms with Crippen LogP contribution < -0.4 is 4.90 Å². The molecule has 1 heterocycles. The van der Waals surface area contributed by atoms with Crippen LogP contribution in [-0.4, -0.2) is 42.4 Å². The van der Waals surface area contributed by atoms with Gasteiger partial charge in [0.1, 0.15) is 30.4 Å². The first kappa shape index (κ1) is 20.4. The van der Waals surface area contributed by atoms with Crippen LogP contribution in [0.1, 0.15) is 57.6 Å². The lowest BCUT2D eigenvalue weighted by molar-refractivity contribution is -0.886. The summed E-state index contributed by atoms with van der Waals surface area (Å²) < 4.78 is 5.87. The predicted octanol–water partition coefficient (Wildman–Crippen LogP) is 2.40. The lowest BCUT2D eigenvalue weighted by Crippen LogP contribution is -3.10. The number of rotatable bonds is 5. The maximum Gasteiger partial charge on any atom is 0.315 e. The SMILES string of the molecule is CC1=C2C[C@@H]3[C@H](C[NH+](C)C[C@@H](O)c4ccc(O)cc4)C(=O)O[C@@H]3C[C@]2(C)CCC1. The van der Waals surface area contributed by atoms with Crippen LogP contribution in [0.15, 0.2) is 35.4 Å². The van der Waals surface area contributed by atoms with E-state index in [0.29, 0.717) is 13.1 Å². The van der Waals surface area contributed by atoms with E-state index < -0.39 is 6.10 Å². The van der Waals surface area contributed by atoms with Crippen molar-refractivity contribution in [1.82, 2.24) is 0 Å². The van der Waals surface area contributed by atoms with Crippen molar-refractivity contribution < 1.29 is 24.6 Å². The largest absolute Gasteiger partial charge is 0.508 e. The highest BCUT2D eigenvalue weighted by Gasteiger charge is 2.53. The molecule has 1 aromatic rings. The maximum atomic E-state index is 12.7. The van der Waals surface area contributed by atoms with Crippen LogP contribution in [0.25, 0.3) is 0 Å². The Kier molecular flexibility index (Phi) is 5.47. The van der Waals surface area contributed by atoms with Crippen molar-refractivity contribution in [2.75, 3.05) is 20.1 Å². The molecular formula is C24H34NO4+. The molecule has 1 saturated carbocycles. The van der Waals surface area contributed by atoms with Crippen LogP contribution >= 0.6 is 0 Å². The summed E-state index contributed by atoms with van der Waals surface area (Å²) in [6.07, 6.45) is 4.99. The van der Waals surface area contributed by atoms with Gasteiger partial charge in [-0.15, -0.1) is 0 Å². The van der Waals surface area contributed by atoms with Crippen LogP contribution in [0.5, 0.6) is 5.75 Å². The number of allylic oxidation sites excluding steroid dienone is 2. The highest BCUT2D eigenvalue weighted by Crippen LogP contribution is 2.54. The van der Waals surface area contributed by atoms with Crippen LogP contribution in [0.3, 0.4) is 0 Å². The van der Waals surface area contributed by atoms with Gasteiger partial charge in [0.15, 0.2) is 0 Å². The summed E-state index contributed by atoms with van der Waals surface area (Å²) in [6, 6.07) is 6.67. The van der Waals surface area contributed by atoms with Gasteiger partial charge in [0.05, 0.1) is 13.6 Å². The molecule has 4 rings (SSSR count). The lowest BCUT2D eigenvalue weighted by atomic mass is 9.59. The molecule has 1 aromatic carbocycles. The van der Waals surface area contributed by atoms with Gasteiger partial charge in [-0.25, -0.2) is 0 Å². The van der Waals surface area contributed by atoms with Gasteiger partial charge in [-0.3, -0.25) is 4.79 Å². The molecule has 6 atom stereocenters. The number of quaternary nitrogens is 1. The molecule has 2 aliphatic carbocycles. The monoisotopic (exact) mass is 400 g/mol. The molecule has 0 amide bonds. The Morgan fingerprint density at radius 2 is 2.03 bits per heavy atom. The van der Waals surface area contributed by atoms with Crippen molar-refractivity contribution in [3.63, 3.8) is 0 Å². The predicted molar refractivity (Wildman–Crippen MR) is 110 cm³/mol. The minimum atomic E-state index is -0.623. The van der Waals surface area contributed by atoms with E-state index in [2.05, 4.69) is 13.8 Å². The summed E-state index contributed by atoms with van der Waals surface area (Å²) in [6.45, 7) is 5.82. The van der Waals surface area contributed by atoms with Crippen molar-refractivity contribution in [2.24, 2.45) is 17.3 Å². The molecule has 0 bridgehead atoms. The molecule has 5 nitrogen and oxygen atoms in total. The van der Waals surface area contributed by atoms with E-state index in [1.54, 1.807) is 29.8 Å². The number of hydrogen-bond acceptors (Lipinski definition) is 4. The van der Waals surface area contributed by atoms with E-state index in [1.165, 1.54) is 24.8 Å². The number of carbonyl (C=O) groups is 1. The van der Waals surface area contributed by atoms with Gasteiger partial charge >= 0.3 is 5.97 Å². The molecule has 158 valence electrons. The molecule has 29 heavy (non-hydrogen) atoms. The zero-order valence-corrected chi connectivity index (χ0v) is 17.8. The fourth-order valence-electron chi connectivity index (χ4n) is 5.95. The number of likely N-dealkylation sites (N-methyl/N-ethyl adjacent to an activating group) is 1. The number of hydrogen-bond donors (Lipinski definition) is 3. The number of aliphatic hydroxyl groups excluding tert-OH is 1. The number of phenolic OH excluding ortho intramolecular Hbond substituents is 1. The second-order valence-corrected chi connectivity index (χ2v) is 9.80. The zero-order valence-electron chi connectivity index (χ0n) is 17.8. The summed E-state index contributed by atoms with van der Waals surface area (Å²) in [5.74, 6) is 0.301. The van der Waals surface area contributed by atoms with Crippen LogP contribution in [0, 0.1) is 17.3 Å². The first-order chi connectivity index (χ1) is 13.8. The van der Waals surface area contributed by atoms with Crippen molar-refractivity contribution in [1.29, 1.82) is 0 Å². The Morgan fingerprint density at radius 1 is 1.31 bits per heavy atom. The molecule has 0 radical (unpaired) electrons. The fraction of sp³-hybridized carbons (Fsp3) is 0.625. The minimum Gasteiger partial charge on any atom is -0.508 e. The van der Waals surface area contributed by atoms with Crippen molar-refractivity contribution in [3.05, 3.63) is 41.0 Å². The van der Waals surface area contributed by atoms with Crippen molar-refractivity contribution in [2.45, 2.75) is 58.2 Å². The summed E-state index contributed by atoms with van der Waals surface area (Å²) >= 11 is 0. The summed E-state index contributed by atoms with van der Waals surface area (Å²) in [4.78, 5) is 13.8. The molecular weight excluding hydrogens is 366 g/mol. The second kappa shape index (κ2) is 7.77. The average molecular weight is 401 g/mol. The first-order valence-corrected chi connectivity index (χ1v) is 10.9. The number of ether oxygens (including phenoxy) is 1. The summed E-state index contributed by atoms with van der Waals surface area (Å²) in [7, 11) is 2.03. The smallest absolute Gasteiger partial charge is 0.315 e. The van der Waals surface area contributed by atoms with E-state index in [4.69, 9.17) is 4.74 Å². The van der Waals surface area contributed by atoms with Gasteiger partial charge in [-0.2, -0.15) is 0 Å². The highest BCUT2D eigenvalue weighted by molar-refractivity contribution is 5.75. The number of carbonyl (C=O) groups excluding carboxylic acids is 1. The van der Waals surface area contributed by atoms with E-state index in [9.17, 15) is 15.0 Å². The second-order valence-electron chi connectivity index (χ2n) is 9.80. The van der Waals surface area contributed by atoms with Crippen LogP contribution in [0.2, 0.25) is 0 Å². The Bertz CT molecular complexity index is 802. The maximum absolute atomic E-state index is 12.7. The third-order valence-corrected chi connectivity index (χ3v) is 7.57. The molecule has 1 unspecified atom stereocenters. The third kappa shape index (κ3) is 3.95. The number of esters is 1. The summed E-state index contributed by atoms with van der Waals surface area (Å²) in [5, 5.41) is 20.0. The topological polar surface area (TPSA) is 71.2 Å². The molecule has 3 N–H and O–H groups in total. The van der Waals surface area contributed by atoms with Crippen molar-refractivity contribution in [3.8, 4) is 5.75 Å². The molecule has 5 heteroatoms. The zero-order chi connectivity index (χ0) is 20.8. The van der Waals surface area contributed by atoms with Gasteiger partial charge in [0.25, 0.3) is 0 Å². The number of fused-ring (bicyclic) bond motifs is 2. The van der Waals surface area contributed by atoms with Gasteiger partial charge < -0.3 is 19.8 Å². The lowest BCUT2D eigenvalue weighted by Gasteiger charge is -2.45. The van der Waals surface area contributed by atoms with E-state index in [1.807, 2.05) is 7.05 Å². The molecule has 1 aliphatic heterocycles. The highest BCUT2D eigenvalue weighted by atomic mass is 16.6. The number of phenols is 1. The van der Waals surface area contributed by atoms with Crippen LogP contribution in [-0.2, 0) is 9.53 Å². The first-order valence-electron chi connectivity index (χ1n) is 10.9. The van der Waals surface area contributed by atoms with Gasteiger partial charge in [-0.1, -0.05) is 30.2 Å². The molecule has 2 fully saturated rings. The number of aliphatic hydroxyl groups is 1. The van der Waals surface area contributed by atoms with E-state index in [-0.39, 0.29) is 35.1 Å². The average Bonchev–Trinajstić information content (AvgIpc) is 2.94.